The van der Waals surface area contributed by atoms with E-state index in [9.17, 15) is 4.79 Å². The molecule has 0 fully saturated rings. The van der Waals surface area contributed by atoms with Gasteiger partial charge in [-0.15, -0.1) is 0 Å². The first-order valence-electron chi connectivity index (χ1n) is 4.95. The Labute approximate surface area is 91.5 Å². The molecule has 0 bridgehead atoms. The number of aromatic amines is 1. The lowest BCUT2D eigenvalue weighted by Gasteiger charge is -1.98. The number of aldehydes is 1. The van der Waals surface area contributed by atoms with Crippen molar-refractivity contribution in [1.29, 1.82) is 0 Å². The van der Waals surface area contributed by atoms with E-state index in [0.29, 0.717) is 5.56 Å². The first-order chi connectivity index (χ1) is 7.88. The topological polar surface area (TPSA) is 50.2 Å². The van der Waals surface area contributed by atoms with Gasteiger partial charge >= 0.3 is 0 Å². The maximum absolute atomic E-state index is 10.9. The molecule has 3 aromatic rings. The lowest BCUT2D eigenvalue weighted by molar-refractivity contribution is 0.112. The number of imidazole rings is 1. The Balaban J connectivity index is 2.22. The van der Waals surface area contributed by atoms with Crippen LogP contribution in [0.3, 0.4) is 0 Å². The van der Waals surface area contributed by atoms with E-state index < -0.39 is 0 Å². The molecular formula is C12H9N3O. The van der Waals surface area contributed by atoms with E-state index in [2.05, 4.69) is 10.1 Å². The molecule has 1 aromatic carbocycles. The molecule has 16 heavy (non-hydrogen) atoms. The van der Waals surface area contributed by atoms with Crippen LogP contribution in [0.2, 0.25) is 0 Å². The van der Waals surface area contributed by atoms with Gasteiger partial charge in [0.05, 0.1) is 11.9 Å². The molecular weight excluding hydrogens is 202 g/mol. The SMILES string of the molecule is O=Cc1ccccc1-c1cn2[nH]ccc2n1. The van der Waals surface area contributed by atoms with E-state index in [-0.39, 0.29) is 0 Å². The zero-order valence-corrected chi connectivity index (χ0v) is 8.42. The first-order valence-corrected chi connectivity index (χ1v) is 4.95. The summed E-state index contributed by atoms with van der Waals surface area (Å²) in [5, 5.41) is 3.01. The molecule has 0 aliphatic carbocycles. The number of fused-ring (bicyclic) bond motifs is 1. The van der Waals surface area contributed by atoms with Gasteiger partial charge in [0, 0.05) is 23.4 Å². The van der Waals surface area contributed by atoms with Gasteiger partial charge in [0.1, 0.15) is 0 Å². The summed E-state index contributed by atoms with van der Waals surface area (Å²) in [6.45, 7) is 0. The lowest BCUT2D eigenvalue weighted by Crippen LogP contribution is -1.86. The summed E-state index contributed by atoms with van der Waals surface area (Å²) in [6, 6.07) is 9.31. The van der Waals surface area contributed by atoms with E-state index >= 15 is 0 Å². The van der Waals surface area contributed by atoms with Gasteiger partial charge in [-0.3, -0.25) is 4.79 Å². The normalized spacial score (nSPS) is 10.8. The van der Waals surface area contributed by atoms with Crippen LogP contribution in [0, 0.1) is 0 Å². The van der Waals surface area contributed by atoms with Gasteiger partial charge in [-0.1, -0.05) is 24.3 Å². The van der Waals surface area contributed by atoms with Crippen LogP contribution < -0.4 is 0 Å². The summed E-state index contributed by atoms with van der Waals surface area (Å²) in [5.41, 5.74) is 3.16. The predicted octanol–water partition coefficient (Wildman–Crippen LogP) is 2.14. The molecule has 3 rings (SSSR count). The summed E-state index contributed by atoms with van der Waals surface area (Å²) >= 11 is 0. The Bertz CT molecular complexity index is 622. The highest BCUT2D eigenvalue weighted by Gasteiger charge is 2.08. The molecule has 78 valence electrons. The molecule has 0 saturated carbocycles. The average Bonchev–Trinajstić information content (AvgIpc) is 2.89. The minimum Gasteiger partial charge on any atom is -0.300 e. The molecule has 0 radical (unpaired) electrons. The fraction of sp³-hybridized carbons (Fsp3) is 0. The molecule has 0 aliphatic rings. The van der Waals surface area contributed by atoms with Gasteiger partial charge in [0.2, 0.25) is 0 Å². The fourth-order valence-electron chi connectivity index (χ4n) is 1.77. The van der Waals surface area contributed by atoms with Crippen LogP contribution in [0.5, 0.6) is 0 Å². The lowest BCUT2D eigenvalue weighted by atomic mass is 10.1. The van der Waals surface area contributed by atoms with Crippen LogP contribution >= 0.6 is 0 Å². The maximum Gasteiger partial charge on any atom is 0.153 e. The number of aromatic nitrogens is 3. The van der Waals surface area contributed by atoms with E-state index in [1.807, 2.05) is 41.2 Å². The Morgan fingerprint density at radius 3 is 2.94 bits per heavy atom. The molecule has 2 heterocycles. The van der Waals surface area contributed by atoms with Gasteiger partial charge in [-0.25, -0.2) is 9.50 Å². The predicted molar refractivity (Wildman–Crippen MR) is 60.4 cm³/mol. The number of carbonyl (C=O) groups excluding carboxylic acids is 1. The highest BCUT2D eigenvalue weighted by atomic mass is 16.1. The number of hydrogen-bond acceptors (Lipinski definition) is 2. The van der Waals surface area contributed by atoms with Crippen LogP contribution in [0.4, 0.5) is 0 Å². The molecule has 0 unspecified atom stereocenters. The fourth-order valence-corrected chi connectivity index (χ4v) is 1.77. The number of hydrogen-bond donors (Lipinski definition) is 1. The highest BCUT2D eigenvalue weighted by Crippen LogP contribution is 2.21. The number of carbonyl (C=O) groups is 1. The van der Waals surface area contributed by atoms with Crippen molar-refractivity contribution in [3.63, 3.8) is 0 Å². The highest BCUT2D eigenvalue weighted by molar-refractivity contribution is 5.86. The van der Waals surface area contributed by atoms with Crippen molar-refractivity contribution in [2.75, 3.05) is 0 Å². The van der Waals surface area contributed by atoms with Crippen LogP contribution in [-0.2, 0) is 0 Å². The molecule has 4 nitrogen and oxygen atoms in total. The minimum absolute atomic E-state index is 0.656. The van der Waals surface area contributed by atoms with Crippen molar-refractivity contribution in [3.05, 3.63) is 48.3 Å². The number of nitrogens with zero attached hydrogens (tertiary/aromatic N) is 2. The zero-order chi connectivity index (χ0) is 11.0. The van der Waals surface area contributed by atoms with Crippen LogP contribution in [-0.4, -0.2) is 20.9 Å². The van der Waals surface area contributed by atoms with Crippen LogP contribution in [0.15, 0.2) is 42.7 Å². The van der Waals surface area contributed by atoms with Gasteiger partial charge in [0.25, 0.3) is 0 Å². The second-order valence-electron chi connectivity index (χ2n) is 3.52. The van der Waals surface area contributed by atoms with Crippen molar-refractivity contribution in [3.8, 4) is 11.3 Å². The molecule has 1 N–H and O–H groups in total. The largest absolute Gasteiger partial charge is 0.300 e. The molecule has 0 atom stereocenters. The van der Waals surface area contributed by atoms with E-state index in [4.69, 9.17) is 0 Å². The van der Waals surface area contributed by atoms with Crippen molar-refractivity contribution in [1.82, 2.24) is 14.6 Å². The monoisotopic (exact) mass is 211 g/mol. The van der Waals surface area contributed by atoms with Crippen molar-refractivity contribution < 1.29 is 4.79 Å². The molecule has 2 aromatic heterocycles. The second kappa shape index (κ2) is 3.34. The Hall–Kier alpha value is -2.36. The smallest absolute Gasteiger partial charge is 0.153 e. The van der Waals surface area contributed by atoms with E-state index in [0.717, 1.165) is 23.2 Å². The first kappa shape index (κ1) is 8.91. The summed E-state index contributed by atoms with van der Waals surface area (Å²) in [6.07, 6.45) is 4.54. The molecule has 0 amide bonds. The van der Waals surface area contributed by atoms with Crippen LogP contribution in [0.1, 0.15) is 10.4 Å². The number of benzene rings is 1. The van der Waals surface area contributed by atoms with Crippen molar-refractivity contribution in [2.45, 2.75) is 0 Å². The van der Waals surface area contributed by atoms with Gasteiger partial charge in [-0.2, -0.15) is 0 Å². The molecule has 0 saturated heterocycles. The van der Waals surface area contributed by atoms with Gasteiger partial charge < -0.3 is 5.10 Å². The summed E-state index contributed by atoms with van der Waals surface area (Å²) in [4.78, 5) is 15.3. The van der Waals surface area contributed by atoms with Gasteiger partial charge in [-0.05, 0) is 0 Å². The molecule has 4 heteroatoms. The number of H-pyrrole nitrogens is 1. The number of nitrogens with one attached hydrogen (secondary N) is 1. The van der Waals surface area contributed by atoms with Crippen molar-refractivity contribution >= 4 is 11.9 Å². The van der Waals surface area contributed by atoms with Crippen molar-refractivity contribution in [2.24, 2.45) is 0 Å². The average molecular weight is 211 g/mol. The summed E-state index contributed by atoms with van der Waals surface area (Å²) < 4.78 is 1.82. The number of rotatable bonds is 2. The van der Waals surface area contributed by atoms with E-state index in [1.165, 1.54) is 0 Å². The minimum atomic E-state index is 0.656. The molecule has 0 aliphatic heterocycles. The third kappa shape index (κ3) is 1.24. The van der Waals surface area contributed by atoms with E-state index in [1.54, 1.807) is 6.07 Å². The zero-order valence-electron chi connectivity index (χ0n) is 8.42. The molecule has 0 spiro atoms. The Kier molecular flexibility index (Phi) is 1.86. The summed E-state index contributed by atoms with van der Waals surface area (Å²) in [5.74, 6) is 0. The Morgan fingerprint density at radius 2 is 2.12 bits per heavy atom. The summed E-state index contributed by atoms with van der Waals surface area (Å²) in [7, 11) is 0. The third-order valence-corrected chi connectivity index (χ3v) is 2.54. The second-order valence-corrected chi connectivity index (χ2v) is 3.52. The Morgan fingerprint density at radius 1 is 1.25 bits per heavy atom. The quantitative estimate of drug-likeness (QED) is 0.660. The van der Waals surface area contributed by atoms with Gasteiger partial charge in [0.15, 0.2) is 11.9 Å². The maximum atomic E-state index is 10.9. The standard InChI is InChI=1S/C12H9N3O/c16-8-9-3-1-2-4-10(9)11-7-15-12(14-11)5-6-13-15/h1-8,13H. The third-order valence-electron chi connectivity index (χ3n) is 2.54. The van der Waals surface area contributed by atoms with Crippen LogP contribution in [0.25, 0.3) is 16.9 Å².